The summed E-state index contributed by atoms with van der Waals surface area (Å²) < 4.78 is 29.2. The molecule has 2 N–H and O–H groups in total. The molecular formula is C29H38F2N2O3. The fraction of sp³-hybridized carbons (Fsp3) is 0.552. The number of aliphatic hydroxyl groups excluding tert-OH is 2. The fourth-order valence-corrected chi connectivity index (χ4v) is 6.48. The van der Waals surface area contributed by atoms with Crippen LogP contribution in [0.4, 0.5) is 8.78 Å². The lowest BCUT2D eigenvalue weighted by Crippen LogP contribution is -2.49. The molecule has 0 aromatic heterocycles. The van der Waals surface area contributed by atoms with Crippen LogP contribution in [0, 0.1) is 37.3 Å². The Hall–Kier alpha value is -2.19. The maximum Gasteiger partial charge on any atom is 0.142 e. The van der Waals surface area contributed by atoms with Crippen LogP contribution < -0.4 is 0 Å². The molecule has 0 saturated carbocycles. The van der Waals surface area contributed by atoms with E-state index in [1.165, 1.54) is 12.1 Å². The van der Waals surface area contributed by atoms with Gasteiger partial charge in [0.05, 0.1) is 13.2 Å². The Morgan fingerprint density at radius 1 is 0.806 bits per heavy atom. The van der Waals surface area contributed by atoms with Gasteiger partial charge in [0.25, 0.3) is 0 Å². The zero-order valence-corrected chi connectivity index (χ0v) is 21.3. The van der Waals surface area contributed by atoms with Crippen LogP contribution in [0.2, 0.25) is 0 Å². The molecule has 2 fully saturated rings. The summed E-state index contributed by atoms with van der Waals surface area (Å²) >= 11 is 0. The van der Waals surface area contributed by atoms with Crippen molar-refractivity contribution in [2.75, 3.05) is 39.4 Å². The number of Topliss-reactive ketones (excluding diaryl/α,β-unsaturated/α-hetero) is 1. The molecule has 4 rings (SSSR count). The quantitative estimate of drug-likeness (QED) is 0.565. The number of likely N-dealkylation sites (tertiary alicyclic amines) is 2. The fourth-order valence-electron chi connectivity index (χ4n) is 6.48. The molecule has 196 valence electrons. The first kappa shape index (κ1) is 26.9. The van der Waals surface area contributed by atoms with E-state index in [2.05, 4.69) is 9.80 Å². The highest BCUT2D eigenvalue weighted by Crippen LogP contribution is 2.45. The van der Waals surface area contributed by atoms with Crippen LogP contribution in [0.25, 0.3) is 0 Å². The van der Waals surface area contributed by atoms with Crippen molar-refractivity contribution in [3.05, 3.63) is 70.3 Å². The van der Waals surface area contributed by atoms with Gasteiger partial charge in [-0.05, 0) is 87.0 Å². The Bertz CT molecular complexity index is 977. The monoisotopic (exact) mass is 500 g/mol. The smallest absolute Gasteiger partial charge is 0.142 e. The molecule has 2 aliphatic heterocycles. The highest BCUT2D eigenvalue weighted by molar-refractivity contribution is 5.85. The molecule has 2 aromatic rings. The van der Waals surface area contributed by atoms with E-state index in [1.807, 2.05) is 12.1 Å². The number of hydrogen-bond acceptors (Lipinski definition) is 5. The van der Waals surface area contributed by atoms with Crippen LogP contribution in [0.3, 0.4) is 0 Å². The Kier molecular flexibility index (Phi) is 8.88. The molecule has 5 nitrogen and oxygen atoms in total. The number of β-amino-alcohol motifs (C(OH)–C–C–N with tert-alkyl or cyclic N) is 2. The number of hydrogen-bond donors (Lipinski definition) is 2. The van der Waals surface area contributed by atoms with Crippen LogP contribution >= 0.6 is 0 Å². The van der Waals surface area contributed by atoms with Crippen molar-refractivity contribution in [2.45, 2.75) is 51.6 Å². The second-order valence-electron chi connectivity index (χ2n) is 10.2. The first-order valence-electron chi connectivity index (χ1n) is 13.1. The standard InChI is InChI=1S/C29H38F2N2O3/c1-19-21(7-3-11-25(19)30)27-23(9-5-13-32(27)15-17-34)29(36)24-10-6-14-33(16-18-35)28(24)22-8-4-12-26(31)20(22)2/h3-4,7-8,11-12,23-24,27-28,34-35H,5-6,9-10,13-18H2,1-2H3. The van der Waals surface area contributed by atoms with Gasteiger partial charge in [-0.1, -0.05) is 24.3 Å². The molecule has 36 heavy (non-hydrogen) atoms. The van der Waals surface area contributed by atoms with Crippen molar-refractivity contribution in [1.29, 1.82) is 0 Å². The number of rotatable bonds is 8. The summed E-state index contributed by atoms with van der Waals surface area (Å²) in [5.74, 6) is -1.20. The second kappa shape index (κ2) is 11.9. The SMILES string of the molecule is Cc1c(F)cccc1C1C(C(=O)C2CCCN(CCO)C2c2cccc(F)c2C)CCCN1CCO. The van der Waals surface area contributed by atoms with Crippen molar-refractivity contribution < 1.29 is 23.8 Å². The van der Waals surface area contributed by atoms with E-state index in [-0.39, 0.29) is 54.6 Å². The number of carbonyl (C=O) groups is 1. The zero-order valence-electron chi connectivity index (χ0n) is 21.3. The van der Waals surface area contributed by atoms with Crippen molar-refractivity contribution >= 4 is 5.78 Å². The molecule has 4 unspecified atom stereocenters. The molecule has 2 aromatic carbocycles. The van der Waals surface area contributed by atoms with Crippen LogP contribution in [-0.4, -0.2) is 65.2 Å². The molecule has 0 bridgehead atoms. The molecule has 0 amide bonds. The predicted molar refractivity (Wildman–Crippen MR) is 136 cm³/mol. The lowest BCUT2D eigenvalue weighted by Gasteiger charge is -2.46. The van der Waals surface area contributed by atoms with Gasteiger partial charge in [-0.15, -0.1) is 0 Å². The van der Waals surface area contributed by atoms with Crippen molar-refractivity contribution in [3.8, 4) is 0 Å². The molecule has 0 aliphatic carbocycles. The Labute approximate surface area is 212 Å². The van der Waals surface area contributed by atoms with Gasteiger partial charge in [0, 0.05) is 37.0 Å². The normalized spacial score (nSPS) is 25.7. The molecular weight excluding hydrogens is 462 g/mol. The minimum atomic E-state index is -0.360. The maximum atomic E-state index is 14.6. The van der Waals surface area contributed by atoms with Crippen molar-refractivity contribution in [2.24, 2.45) is 11.8 Å². The number of halogens is 2. The van der Waals surface area contributed by atoms with Gasteiger partial charge < -0.3 is 10.2 Å². The zero-order chi connectivity index (χ0) is 25.8. The Morgan fingerprint density at radius 3 is 1.61 bits per heavy atom. The number of carbonyl (C=O) groups excluding carboxylic acids is 1. The van der Waals surface area contributed by atoms with Crippen LogP contribution in [-0.2, 0) is 4.79 Å². The summed E-state index contributed by atoms with van der Waals surface area (Å²) in [4.78, 5) is 18.7. The van der Waals surface area contributed by atoms with Crippen molar-refractivity contribution in [3.63, 3.8) is 0 Å². The van der Waals surface area contributed by atoms with Crippen LogP contribution in [0.1, 0.15) is 60.0 Å². The maximum absolute atomic E-state index is 14.6. The van der Waals surface area contributed by atoms with Gasteiger partial charge in [0.2, 0.25) is 0 Å². The molecule has 0 spiro atoms. The number of benzene rings is 2. The van der Waals surface area contributed by atoms with Gasteiger partial charge in [-0.25, -0.2) is 8.78 Å². The summed E-state index contributed by atoms with van der Waals surface area (Å²) in [6.07, 6.45) is 3.01. The third-order valence-corrected chi connectivity index (χ3v) is 8.23. The average molecular weight is 501 g/mol. The largest absolute Gasteiger partial charge is 0.395 e. The Morgan fingerprint density at radius 2 is 1.22 bits per heavy atom. The van der Waals surface area contributed by atoms with E-state index in [4.69, 9.17) is 0 Å². The third-order valence-electron chi connectivity index (χ3n) is 8.23. The van der Waals surface area contributed by atoms with Gasteiger partial charge in [0.1, 0.15) is 17.4 Å². The topological polar surface area (TPSA) is 64.0 Å². The summed E-state index contributed by atoms with van der Waals surface area (Å²) in [5.41, 5.74) is 2.66. The minimum absolute atomic E-state index is 0.0371. The van der Waals surface area contributed by atoms with Gasteiger partial charge in [0.15, 0.2) is 0 Å². The highest BCUT2D eigenvalue weighted by Gasteiger charge is 2.45. The lowest BCUT2D eigenvalue weighted by atomic mass is 9.71. The number of aliphatic hydroxyl groups is 2. The van der Waals surface area contributed by atoms with E-state index in [1.54, 1.807) is 26.0 Å². The lowest BCUT2D eigenvalue weighted by molar-refractivity contribution is -0.135. The van der Waals surface area contributed by atoms with Gasteiger partial charge in [-0.3, -0.25) is 14.6 Å². The molecule has 2 aliphatic rings. The van der Waals surface area contributed by atoms with E-state index in [0.717, 1.165) is 37.1 Å². The number of nitrogens with zero attached hydrogens (tertiary/aromatic N) is 2. The first-order valence-corrected chi connectivity index (χ1v) is 13.1. The highest BCUT2D eigenvalue weighted by atomic mass is 19.1. The predicted octanol–water partition coefficient (Wildman–Crippen LogP) is 4.34. The van der Waals surface area contributed by atoms with E-state index < -0.39 is 0 Å². The summed E-state index contributed by atoms with van der Waals surface area (Å²) in [7, 11) is 0. The molecule has 0 radical (unpaired) electrons. The van der Waals surface area contributed by atoms with Gasteiger partial charge in [-0.2, -0.15) is 0 Å². The second-order valence-corrected chi connectivity index (χ2v) is 10.2. The summed E-state index contributed by atoms with van der Waals surface area (Å²) in [6, 6.07) is 9.39. The van der Waals surface area contributed by atoms with E-state index in [0.29, 0.717) is 37.1 Å². The van der Waals surface area contributed by atoms with Crippen LogP contribution in [0.5, 0.6) is 0 Å². The van der Waals surface area contributed by atoms with E-state index in [9.17, 15) is 23.8 Å². The van der Waals surface area contributed by atoms with Crippen molar-refractivity contribution in [1.82, 2.24) is 9.80 Å². The van der Waals surface area contributed by atoms with Gasteiger partial charge >= 0.3 is 0 Å². The molecule has 7 heteroatoms. The Balaban J connectivity index is 1.76. The molecule has 2 heterocycles. The van der Waals surface area contributed by atoms with Crippen LogP contribution in [0.15, 0.2) is 36.4 Å². The number of piperidine rings is 2. The van der Waals surface area contributed by atoms with E-state index >= 15 is 0 Å². The third kappa shape index (κ3) is 5.25. The number of ketones is 1. The molecule has 2 saturated heterocycles. The molecule has 4 atom stereocenters. The summed E-state index contributed by atoms with van der Waals surface area (Å²) in [5, 5.41) is 19.5. The minimum Gasteiger partial charge on any atom is -0.395 e. The summed E-state index contributed by atoms with van der Waals surface area (Å²) in [6.45, 7) is 5.73. The first-order chi connectivity index (χ1) is 17.4. The average Bonchev–Trinajstić information content (AvgIpc) is 2.87.